The van der Waals surface area contributed by atoms with E-state index in [0.717, 1.165) is 50.0 Å². The predicted molar refractivity (Wildman–Crippen MR) is 177 cm³/mol. The van der Waals surface area contributed by atoms with Gasteiger partial charge in [0.1, 0.15) is 5.58 Å². The van der Waals surface area contributed by atoms with Crippen molar-refractivity contribution in [3.8, 4) is 33.4 Å². The lowest BCUT2D eigenvalue weighted by Gasteiger charge is -2.11. The highest BCUT2D eigenvalue weighted by atomic mass is 16.3. The van der Waals surface area contributed by atoms with Crippen LogP contribution < -0.4 is 5.32 Å². The Labute approximate surface area is 244 Å². The lowest BCUT2D eigenvalue weighted by molar-refractivity contribution is 0.671. The zero-order valence-electron chi connectivity index (χ0n) is 22.9. The van der Waals surface area contributed by atoms with Gasteiger partial charge in [0.25, 0.3) is 0 Å². The van der Waals surface area contributed by atoms with E-state index in [4.69, 9.17) is 4.42 Å². The standard InChI is InChI=1S/C40H27NO/c1-3-11-27(12-4-1)28-21-23-29(24-22-28)31-16-9-17-33(25-31)41-37-26-32-15-7-8-18-34(32)38-36-20-10-19-35(39(36)42-40(37)38)30-13-5-2-6-14-30/h1-26,41H. The third kappa shape index (κ3) is 4.22. The molecule has 2 nitrogen and oxygen atoms in total. The van der Waals surface area contributed by atoms with Gasteiger partial charge in [-0.25, -0.2) is 0 Å². The van der Waals surface area contributed by atoms with E-state index in [1.807, 2.05) is 12.1 Å². The highest BCUT2D eigenvalue weighted by molar-refractivity contribution is 6.23. The molecule has 8 aromatic rings. The number of rotatable bonds is 5. The van der Waals surface area contributed by atoms with Crippen LogP contribution in [0.3, 0.4) is 0 Å². The van der Waals surface area contributed by atoms with Crippen molar-refractivity contribution in [3.63, 3.8) is 0 Å². The van der Waals surface area contributed by atoms with Crippen molar-refractivity contribution in [3.05, 3.63) is 158 Å². The number of fused-ring (bicyclic) bond motifs is 5. The molecule has 0 amide bonds. The monoisotopic (exact) mass is 537 g/mol. The van der Waals surface area contributed by atoms with E-state index in [-0.39, 0.29) is 0 Å². The lowest BCUT2D eigenvalue weighted by Crippen LogP contribution is -1.92. The smallest absolute Gasteiger partial charge is 0.159 e. The van der Waals surface area contributed by atoms with Gasteiger partial charge in [0.15, 0.2) is 5.58 Å². The first-order valence-electron chi connectivity index (χ1n) is 14.3. The molecule has 0 radical (unpaired) electrons. The summed E-state index contributed by atoms with van der Waals surface area (Å²) in [6.07, 6.45) is 0. The summed E-state index contributed by atoms with van der Waals surface area (Å²) >= 11 is 0. The number of nitrogens with one attached hydrogen (secondary N) is 1. The molecule has 0 aliphatic rings. The van der Waals surface area contributed by atoms with E-state index >= 15 is 0 Å². The molecule has 7 aromatic carbocycles. The second-order valence-electron chi connectivity index (χ2n) is 10.6. The minimum atomic E-state index is 0.865. The van der Waals surface area contributed by atoms with Gasteiger partial charge in [0.05, 0.1) is 5.69 Å². The SMILES string of the molecule is c1ccc(-c2ccc(-c3cccc(Nc4cc5ccccc5c5c4oc4c(-c6ccccc6)cccc45)c3)cc2)cc1. The minimum Gasteiger partial charge on any atom is -0.453 e. The topological polar surface area (TPSA) is 25.2 Å². The number of benzene rings is 7. The number of anilines is 2. The van der Waals surface area contributed by atoms with Crippen molar-refractivity contribution in [1.29, 1.82) is 0 Å². The maximum atomic E-state index is 6.76. The van der Waals surface area contributed by atoms with Crippen LogP contribution in [0.2, 0.25) is 0 Å². The first kappa shape index (κ1) is 24.2. The third-order valence-corrected chi connectivity index (χ3v) is 8.04. The van der Waals surface area contributed by atoms with Gasteiger partial charge in [0, 0.05) is 22.0 Å². The number of hydrogen-bond acceptors (Lipinski definition) is 2. The van der Waals surface area contributed by atoms with E-state index in [2.05, 4.69) is 151 Å². The molecule has 42 heavy (non-hydrogen) atoms. The summed E-state index contributed by atoms with van der Waals surface area (Å²) < 4.78 is 6.76. The molecule has 0 bridgehead atoms. The molecule has 8 rings (SSSR count). The molecule has 0 saturated heterocycles. The Balaban J connectivity index is 1.23. The quantitative estimate of drug-likeness (QED) is 0.236. The first-order valence-corrected chi connectivity index (χ1v) is 14.3. The number of hydrogen-bond donors (Lipinski definition) is 1. The summed E-state index contributed by atoms with van der Waals surface area (Å²) in [5.74, 6) is 0. The van der Waals surface area contributed by atoms with E-state index in [9.17, 15) is 0 Å². The zero-order chi connectivity index (χ0) is 27.9. The average Bonchev–Trinajstić information content (AvgIpc) is 3.47. The molecule has 0 aliphatic heterocycles. The van der Waals surface area contributed by atoms with Crippen molar-refractivity contribution in [2.24, 2.45) is 0 Å². The highest BCUT2D eigenvalue weighted by Gasteiger charge is 2.18. The van der Waals surface area contributed by atoms with Gasteiger partial charge in [0.2, 0.25) is 0 Å². The van der Waals surface area contributed by atoms with Crippen LogP contribution in [0.4, 0.5) is 11.4 Å². The van der Waals surface area contributed by atoms with Crippen molar-refractivity contribution in [2.45, 2.75) is 0 Å². The normalized spacial score (nSPS) is 11.3. The van der Waals surface area contributed by atoms with Crippen molar-refractivity contribution in [1.82, 2.24) is 0 Å². The van der Waals surface area contributed by atoms with Gasteiger partial charge in [-0.05, 0) is 56.8 Å². The van der Waals surface area contributed by atoms with Gasteiger partial charge in [-0.2, -0.15) is 0 Å². The Bertz CT molecular complexity index is 2190. The fourth-order valence-corrected chi connectivity index (χ4v) is 6.00. The largest absolute Gasteiger partial charge is 0.453 e. The molecule has 2 heteroatoms. The van der Waals surface area contributed by atoms with Crippen LogP contribution in [-0.4, -0.2) is 0 Å². The van der Waals surface area contributed by atoms with Crippen LogP contribution in [-0.2, 0) is 0 Å². The summed E-state index contributed by atoms with van der Waals surface area (Å²) in [5.41, 5.74) is 10.8. The maximum absolute atomic E-state index is 6.76. The van der Waals surface area contributed by atoms with E-state index in [1.165, 1.54) is 27.5 Å². The van der Waals surface area contributed by atoms with E-state index in [0.29, 0.717) is 0 Å². The predicted octanol–water partition coefficient (Wildman–Crippen LogP) is 11.5. The fourth-order valence-electron chi connectivity index (χ4n) is 6.00. The van der Waals surface area contributed by atoms with Crippen LogP contribution in [0.5, 0.6) is 0 Å². The molecular formula is C40H27NO. The molecular weight excluding hydrogens is 510 g/mol. The molecule has 1 N–H and O–H groups in total. The van der Waals surface area contributed by atoms with Gasteiger partial charge >= 0.3 is 0 Å². The van der Waals surface area contributed by atoms with Gasteiger partial charge in [-0.15, -0.1) is 0 Å². The van der Waals surface area contributed by atoms with Crippen LogP contribution in [0.1, 0.15) is 0 Å². The molecule has 0 aliphatic carbocycles. The summed E-state index contributed by atoms with van der Waals surface area (Å²) in [4.78, 5) is 0. The Morgan fingerprint density at radius 3 is 1.79 bits per heavy atom. The summed E-state index contributed by atoms with van der Waals surface area (Å²) in [5, 5.41) is 8.33. The third-order valence-electron chi connectivity index (χ3n) is 8.04. The second kappa shape index (κ2) is 10.1. The van der Waals surface area contributed by atoms with Gasteiger partial charge < -0.3 is 9.73 Å². The lowest BCUT2D eigenvalue weighted by atomic mass is 9.99. The summed E-state index contributed by atoms with van der Waals surface area (Å²) in [6.45, 7) is 0. The summed E-state index contributed by atoms with van der Waals surface area (Å²) in [7, 11) is 0. The molecule has 1 aromatic heterocycles. The van der Waals surface area contributed by atoms with Crippen LogP contribution in [0, 0.1) is 0 Å². The molecule has 0 atom stereocenters. The van der Waals surface area contributed by atoms with Crippen LogP contribution in [0.25, 0.3) is 66.1 Å². The van der Waals surface area contributed by atoms with E-state index in [1.54, 1.807) is 0 Å². The molecule has 1 heterocycles. The van der Waals surface area contributed by atoms with Crippen LogP contribution in [0.15, 0.2) is 162 Å². The van der Waals surface area contributed by atoms with E-state index < -0.39 is 0 Å². The number of furan rings is 1. The highest BCUT2D eigenvalue weighted by Crippen LogP contribution is 2.43. The van der Waals surface area contributed by atoms with Crippen molar-refractivity contribution >= 4 is 44.1 Å². The zero-order valence-corrected chi connectivity index (χ0v) is 22.9. The van der Waals surface area contributed by atoms with Crippen molar-refractivity contribution in [2.75, 3.05) is 5.32 Å². The molecule has 0 unspecified atom stereocenters. The van der Waals surface area contributed by atoms with Gasteiger partial charge in [-0.1, -0.05) is 140 Å². The first-order chi connectivity index (χ1) is 20.8. The Morgan fingerprint density at radius 1 is 0.405 bits per heavy atom. The van der Waals surface area contributed by atoms with Crippen molar-refractivity contribution < 1.29 is 4.42 Å². The fraction of sp³-hybridized carbons (Fsp3) is 0. The Hall–Kier alpha value is -5.60. The molecule has 0 saturated carbocycles. The Kier molecular flexibility index (Phi) is 5.82. The average molecular weight is 538 g/mol. The molecule has 0 spiro atoms. The number of para-hydroxylation sites is 1. The minimum absolute atomic E-state index is 0.865. The van der Waals surface area contributed by atoms with Crippen LogP contribution >= 0.6 is 0 Å². The molecule has 198 valence electrons. The van der Waals surface area contributed by atoms with Gasteiger partial charge in [-0.3, -0.25) is 0 Å². The Morgan fingerprint density at radius 2 is 1.00 bits per heavy atom. The second-order valence-corrected chi connectivity index (χ2v) is 10.6. The summed E-state index contributed by atoms with van der Waals surface area (Å²) in [6, 6.07) is 55.5. The maximum Gasteiger partial charge on any atom is 0.159 e. The molecule has 0 fully saturated rings.